The van der Waals surface area contributed by atoms with E-state index in [0.717, 1.165) is 25.7 Å². The van der Waals surface area contributed by atoms with Crippen LogP contribution in [0.4, 0.5) is 0 Å². The van der Waals surface area contributed by atoms with Crippen LogP contribution in [0.25, 0.3) is 0 Å². The molecule has 1 saturated carbocycles. The van der Waals surface area contributed by atoms with Crippen molar-refractivity contribution >= 4 is 10.0 Å². The summed E-state index contributed by atoms with van der Waals surface area (Å²) in [7, 11) is -3.65. The van der Waals surface area contributed by atoms with E-state index in [2.05, 4.69) is 4.72 Å². The van der Waals surface area contributed by atoms with Crippen molar-refractivity contribution in [1.82, 2.24) is 4.72 Å². The average Bonchev–Trinajstić information content (AvgIpc) is 2.71. The lowest BCUT2D eigenvalue weighted by atomic mass is 9.95. The van der Waals surface area contributed by atoms with Gasteiger partial charge in [0, 0.05) is 6.54 Å². The topological polar surface area (TPSA) is 90.2 Å². The molecule has 2 rings (SSSR count). The molecule has 1 aliphatic carbocycles. The van der Waals surface area contributed by atoms with Gasteiger partial charge >= 0.3 is 0 Å². The van der Waals surface area contributed by atoms with Crippen LogP contribution >= 0.6 is 0 Å². The van der Waals surface area contributed by atoms with E-state index >= 15 is 0 Å². The standard InChI is InChI=1S/C15H20N2O3S/c16-11-13-5-7-14(8-6-13)21(19,20)17-12-15(18)9-3-1-2-4-10-15/h5-8,17-18H,1-4,9-10,12H2. The van der Waals surface area contributed by atoms with Gasteiger partial charge in [0.2, 0.25) is 10.0 Å². The quantitative estimate of drug-likeness (QED) is 0.832. The molecule has 1 aromatic rings. The maximum absolute atomic E-state index is 12.2. The van der Waals surface area contributed by atoms with Crippen molar-refractivity contribution in [3.63, 3.8) is 0 Å². The molecular weight excluding hydrogens is 288 g/mol. The van der Waals surface area contributed by atoms with Gasteiger partial charge in [0.1, 0.15) is 0 Å². The van der Waals surface area contributed by atoms with Crippen LogP contribution in [0, 0.1) is 11.3 Å². The molecule has 6 heteroatoms. The summed E-state index contributed by atoms with van der Waals surface area (Å²) in [5.74, 6) is 0. The minimum absolute atomic E-state index is 0.0370. The molecule has 0 bridgehead atoms. The molecule has 0 atom stereocenters. The van der Waals surface area contributed by atoms with Crippen LogP contribution in [0.3, 0.4) is 0 Å². The third kappa shape index (κ3) is 4.27. The molecule has 21 heavy (non-hydrogen) atoms. The number of benzene rings is 1. The first-order valence-electron chi connectivity index (χ1n) is 7.17. The van der Waals surface area contributed by atoms with Crippen molar-refractivity contribution in [2.24, 2.45) is 0 Å². The molecule has 0 radical (unpaired) electrons. The van der Waals surface area contributed by atoms with E-state index in [-0.39, 0.29) is 11.4 Å². The summed E-state index contributed by atoms with van der Waals surface area (Å²) >= 11 is 0. The second kappa shape index (κ2) is 6.56. The van der Waals surface area contributed by atoms with E-state index < -0.39 is 15.6 Å². The van der Waals surface area contributed by atoms with Gasteiger partial charge in [0.25, 0.3) is 0 Å². The Bertz CT molecular complexity index is 609. The zero-order valence-corrected chi connectivity index (χ0v) is 12.7. The predicted octanol–water partition coefficient (Wildman–Crippen LogP) is 1.92. The highest BCUT2D eigenvalue weighted by Crippen LogP contribution is 2.26. The maximum Gasteiger partial charge on any atom is 0.240 e. The Kier molecular flexibility index (Phi) is 4.99. The van der Waals surface area contributed by atoms with Crippen LogP contribution in [-0.2, 0) is 10.0 Å². The van der Waals surface area contributed by atoms with Crippen molar-refractivity contribution in [2.45, 2.75) is 49.0 Å². The molecular formula is C15H20N2O3S. The Labute approximate surface area is 125 Å². The molecule has 0 aromatic heterocycles. The van der Waals surface area contributed by atoms with Gasteiger partial charge in [-0.3, -0.25) is 0 Å². The highest BCUT2D eigenvalue weighted by molar-refractivity contribution is 7.89. The first-order chi connectivity index (χ1) is 9.95. The Morgan fingerprint density at radius 1 is 1.14 bits per heavy atom. The second-order valence-corrected chi connectivity index (χ2v) is 7.37. The van der Waals surface area contributed by atoms with E-state index in [1.165, 1.54) is 24.3 Å². The zero-order chi connectivity index (χ0) is 15.3. The number of sulfonamides is 1. The average molecular weight is 308 g/mol. The molecule has 1 aliphatic rings. The maximum atomic E-state index is 12.2. The van der Waals surface area contributed by atoms with Gasteiger partial charge in [-0.2, -0.15) is 5.26 Å². The normalized spacial score (nSPS) is 18.7. The molecule has 0 unspecified atom stereocenters. The fourth-order valence-electron chi connectivity index (χ4n) is 2.58. The van der Waals surface area contributed by atoms with E-state index in [4.69, 9.17) is 5.26 Å². The Hall–Kier alpha value is -1.42. The van der Waals surface area contributed by atoms with Crippen LogP contribution in [0.5, 0.6) is 0 Å². The molecule has 2 N–H and O–H groups in total. The van der Waals surface area contributed by atoms with Crippen molar-refractivity contribution in [1.29, 1.82) is 5.26 Å². The fraction of sp³-hybridized carbons (Fsp3) is 0.533. The first-order valence-corrected chi connectivity index (χ1v) is 8.66. The number of aliphatic hydroxyl groups is 1. The van der Waals surface area contributed by atoms with Crippen LogP contribution < -0.4 is 4.72 Å². The SMILES string of the molecule is N#Cc1ccc(S(=O)(=O)NCC2(O)CCCCCC2)cc1. The fourth-order valence-corrected chi connectivity index (χ4v) is 3.70. The lowest BCUT2D eigenvalue weighted by Gasteiger charge is -2.26. The highest BCUT2D eigenvalue weighted by Gasteiger charge is 2.29. The summed E-state index contributed by atoms with van der Waals surface area (Å²) in [4.78, 5) is 0.110. The van der Waals surface area contributed by atoms with E-state index in [1.54, 1.807) is 0 Å². The lowest BCUT2D eigenvalue weighted by Crippen LogP contribution is -2.42. The number of hydrogen-bond acceptors (Lipinski definition) is 4. The zero-order valence-electron chi connectivity index (χ0n) is 11.9. The van der Waals surface area contributed by atoms with Crippen molar-refractivity contribution in [3.8, 4) is 6.07 Å². The van der Waals surface area contributed by atoms with Gasteiger partial charge in [0.05, 0.1) is 22.1 Å². The summed E-state index contributed by atoms with van der Waals surface area (Å²) in [6.07, 6.45) is 5.28. The van der Waals surface area contributed by atoms with Crippen molar-refractivity contribution in [3.05, 3.63) is 29.8 Å². The number of rotatable bonds is 4. The summed E-state index contributed by atoms with van der Waals surface area (Å²) < 4.78 is 26.9. The summed E-state index contributed by atoms with van der Waals surface area (Å²) in [5.41, 5.74) is -0.535. The Morgan fingerprint density at radius 3 is 2.24 bits per heavy atom. The van der Waals surface area contributed by atoms with E-state index in [1.807, 2.05) is 6.07 Å². The number of nitrogens with zero attached hydrogens (tertiary/aromatic N) is 1. The van der Waals surface area contributed by atoms with E-state index in [0.29, 0.717) is 18.4 Å². The van der Waals surface area contributed by atoms with Crippen LogP contribution in [0.15, 0.2) is 29.2 Å². The summed E-state index contributed by atoms with van der Waals surface area (Å²) in [6, 6.07) is 7.68. The smallest absolute Gasteiger partial charge is 0.240 e. The minimum Gasteiger partial charge on any atom is -0.389 e. The molecule has 5 nitrogen and oxygen atoms in total. The molecule has 0 amide bonds. The van der Waals surface area contributed by atoms with Crippen molar-refractivity contribution in [2.75, 3.05) is 6.54 Å². The van der Waals surface area contributed by atoms with Crippen molar-refractivity contribution < 1.29 is 13.5 Å². The van der Waals surface area contributed by atoms with Crippen LogP contribution in [-0.4, -0.2) is 25.7 Å². The van der Waals surface area contributed by atoms with Gasteiger partial charge in [-0.1, -0.05) is 25.7 Å². The van der Waals surface area contributed by atoms with Gasteiger partial charge < -0.3 is 5.11 Å². The number of nitriles is 1. The minimum atomic E-state index is -3.65. The molecule has 114 valence electrons. The Balaban J connectivity index is 2.04. The second-order valence-electron chi connectivity index (χ2n) is 5.60. The van der Waals surface area contributed by atoms with Crippen LogP contribution in [0.1, 0.15) is 44.1 Å². The molecule has 0 saturated heterocycles. The third-order valence-corrected chi connectivity index (χ3v) is 5.34. The third-order valence-electron chi connectivity index (χ3n) is 3.92. The van der Waals surface area contributed by atoms with Gasteiger partial charge in [-0.05, 0) is 37.1 Å². The van der Waals surface area contributed by atoms with Gasteiger partial charge in [0.15, 0.2) is 0 Å². The number of nitrogens with one attached hydrogen (secondary N) is 1. The monoisotopic (exact) mass is 308 g/mol. The molecule has 1 aromatic carbocycles. The lowest BCUT2D eigenvalue weighted by molar-refractivity contribution is 0.0303. The largest absolute Gasteiger partial charge is 0.389 e. The summed E-state index contributed by atoms with van der Waals surface area (Å²) in [5, 5.41) is 19.2. The summed E-state index contributed by atoms with van der Waals surface area (Å²) in [6.45, 7) is 0.0370. The molecule has 0 spiro atoms. The molecule has 0 heterocycles. The van der Waals surface area contributed by atoms with E-state index in [9.17, 15) is 13.5 Å². The van der Waals surface area contributed by atoms with Gasteiger partial charge in [-0.15, -0.1) is 0 Å². The highest BCUT2D eigenvalue weighted by atomic mass is 32.2. The van der Waals surface area contributed by atoms with Gasteiger partial charge in [-0.25, -0.2) is 13.1 Å². The number of hydrogen-bond donors (Lipinski definition) is 2. The first kappa shape index (κ1) is 16.0. The predicted molar refractivity (Wildman–Crippen MR) is 79.0 cm³/mol. The molecule has 1 fully saturated rings. The van der Waals surface area contributed by atoms with Crippen LogP contribution in [0.2, 0.25) is 0 Å². The Morgan fingerprint density at radius 2 is 1.71 bits per heavy atom. The molecule has 0 aliphatic heterocycles.